The zero-order valence-corrected chi connectivity index (χ0v) is 19.6. The highest BCUT2D eigenvalue weighted by Crippen LogP contribution is 2.51. The number of sulfonamides is 1. The summed E-state index contributed by atoms with van der Waals surface area (Å²) < 4.78 is 38.5. The van der Waals surface area contributed by atoms with Crippen LogP contribution in [0.4, 0.5) is 5.69 Å². The van der Waals surface area contributed by atoms with E-state index in [1.165, 1.54) is 6.92 Å². The van der Waals surface area contributed by atoms with Crippen molar-refractivity contribution in [2.24, 2.45) is 5.92 Å². The fraction of sp³-hybridized carbons (Fsp3) is 0.400. The Morgan fingerprint density at radius 2 is 1.88 bits per heavy atom. The molecule has 174 valence electrons. The van der Waals surface area contributed by atoms with E-state index in [1.54, 1.807) is 23.5 Å². The fourth-order valence-corrected chi connectivity index (χ4v) is 6.81. The molecule has 3 unspecified atom stereocenters. The fourth-order valence-electron chi connectivity index (χ4n) is 5.26. The number of carbonyl (C=O) groups excluding carboxylic acids is 1. The Labute approximate surface area is 194 Å². The van der Waals surface area contributed by atoms with Crippen molar-refractivity contribution >= 4 is 21.7 Å². The monoisotopic (exact) mass is 468 g/mol. The van der Waals surface area contributed by atoms with Gasteiger partial charge in [0.05, 0.1) is 18.0 Å². The van der Waals surface area contributed by atoms with Crippen molar-refractivity contribution in [2.75, 3.05) is 25.5 Å². The lowest BCUT2D eigenvalue weighted by Gasteiger charge is -2.38. The van der Waals surface area contributed by atoms with Gasteiger partial charge < -0.3 is 14.8 Å². The molecule has 0 amide bonds. The van der Waals surface area contributed by atoms with Gasteiger partial charge in [-0.25, -0.2) is 8.42 Å². The highest BCUT2D eigenvalue weighted by atomic mass is 32.2. The molecule has 1 fully saturated rings. The zero-order valence-electron chi connectivity index (χ0n) is 18.8. The summed E-state index contributed by atoms with van der Waals surface area (Å²) in [7, 11) is -1.91. The van der Waals surface area contributed by atoms with Crippen LogP contribution in [0.2, 0.25) is 0 Å². The second kappa shape index (κ2) is 8.50. The first-order valence-electron chi connectivity index (χ1n) is 11.3. The maximum absolute atomic E-state index is 13.1. The van der Waals surface area contributed by atoms with Gasteiger partial charge in [-0.2, -0.15) is 4.31 Å². The number of allylic oxidation sites excluding steroid dienone is 2. The lowest BCUT2D eigenvalue weighted by atomic mass is 9.77. The second-order valence-electron chi connectivity index (χ2n) is 8.84. The van der Waals surface area contributed by atoms with Crippen molar-refractivity contribution in [3.63, 3.8) is 0 Å². The zero-order chi connectivity index (χ0) is 23.2. The molecule has 1 N–H and O–H groups in total. The van der Waals surface area contributed by atoms with E-state index < -0.39 is 16.0 Å². The van der Waals surface area contributed by atoms with Crippen LogP contribution in [-0.4, -0.2) is 38.9 Å². The van der Waals surface area contributed by atoms with Crippen molar-refractivity contribution in [3.05, 3.63) is 59.7 Å². The standard InChI is InChI=1S/C25H28N2O5S/c1-16(28)32-23-11-8-17(14-24(23)31-2)25-20-7-5-6-19(20)21-15-18(9-10-22(21)26-25)33(29,30)27-12-3-4-13-27/h5-6,8-11,14-15,19-20,25-26H,3-4,7,12-13H2,1-2H3. The number of hydrogen-bond acceptors (Lipinski definition) is 6. The van der Waals surface area contributed by atoms with E-state index in [-0.39, 0.29) is 17.9 Å². The lowest BCUT2D eigenvalue weighted by molar-refractivity contribution is -0.132. The Morgan fingerprint density at radius 3 is 2.61 bits per heavy atom. The lowest BCUT2D eigenvalue weighted by Crippen LogP contribution is -2.30. The van der Waals surface area contributed by atoms with Crippen molar-refractivity contribution in [2.45, 2.75) is 43.0 Å². The summed E-state index contributed by atoms with van der Waals surface area (Å²) in [5, 5.41) is 3.63. The Hall–Kier alpha value is -2.84. The molecule has 8 heteroatoms. The van der Waals surface area contributed by atoms with E-state index in [9.17, 15) is 13.2 Å². The summed E-state index contributed by atoms with van der Waals surface area (Å²) in [6.07, 6.45) is 7.08. The predicted molar refractivity (Wildman–Crippen MR) is 125 cm³/mol. The Bertz CT molecular complexity index is 1220. The summed E-state index contributed by atoms with van der Waals surface area (Å²) in [6, 6.07) is 11.1. The van der Waals surface area contributed by atoms with E-state index in [0.29, 0.717) is 29.5 Å². The molecule has 1 saturated heterocycles. The minimum atomic E-state index is -3.47. The topological polar surface area (TPSA) is 84.9 Å². The number of fused-ring (bicyclic) bond motifs is 3. The molecular weight excluding hydrogens is 440 g/mol. The van der Waals surface area contributed by atoms with Crippen LogP contribution in [0.5, 0.6) is 11.5 Å². The summed E-state index contributed by atoms with van der Waals surface area (Å²) >= 11 is 0. The molecule has 3 atom stereocenters. The quantitative estimate of drug-likeness (QED) is 0.402. The summed E-state index contributed by atoms with van der Waals surface area (Å²) in [6.45, 7) is 2.55. The largest absolute Gasteiger partial charge is 0.493 e. The van der Waals surface area contributed by atoms with E-state index in [4.69, 9.17) is 9.47 Å². The molecule has 2 aromatic rings. The molecule has 0 spiro atoms. The SMILES string of the molecule is COc1cc(C2Nc3ccc(S(=O)(=O)N4CCCC4)cc3C3C=CCC32)ccc1OC(C)=O. The molecule has 3 aliphatic rings. The third-order valence-corrected chi connectivity index (χ3v) is 8.73. The number of nitrogens with one attached hydrogen (secondary N) is 1. The van der Waals surface area contributed by atoms with Crippen LogP contribution in [0, 0.1) is 5.92 Å². The number of ether oxygens (including phenoxy) is 2. The average molecular weight is 469 g/mol. The van der Waals surface area contributed by atoms with E-state index in [1.807, 2.05) is 24.3 Å². The second-order valence-corrected chi connectivity index (χ2v) is 10.8. The number of hydrogen-bond donors (Lipinski definition) is 1. The van der Waals surface area contributed by atoms with Crippen molar-refractivity contribution in [1.82, 2.24) is 4.31 Å². The van der Waals surface area contributed by atoms with Gasteiger partial charge in [0.2, 0.25) is 10.0 Å². The molecule has 7 nitrogen and oxygen atoms in total. The van der Waals surface area contributed by atoms with E-state index in [0.717, 1.165) is 36.1 Å². The maximum Gasteiger partial charge on any atom is 0.308 e. The summed E-state index contributed by atoms with van der Waals surface area (Å²) in [5.74, 6) is 0.865. The number of benzene rings is 2. The third kappa shape index (κ3) is 3.91. The van der Waals surface area contributed by atoms with Crippen molar-refractivity contribution in [3.8, 4) is 11.5 Å². The maximum atomic E-state index is 13.1. The molecule has 2 aliphatic heterocycles. The van der Waals surface area contributed by atoms with E-state index >= 15 is 0 Å². The van der Waals surface area contributed by atoms with Gasteiger partial charge in [0.25, 0.3) is 0 Å². The number of carbonyl (C=O) groups is 1. The van der Waals surface area contributed by atoms with Gasteiger partial charge in [0.1, 0.15) is 0 Å². The van der Waals surface area contributed by atoms with Crippen molar-refractivity contribution in [1.29, 1.82) is 0 Å². The molecule has 2 aromatic carbocycles. The van der Waals surface area contributed by atoms with Crippen LogP contribution in [0.3, 0.4) is 0 Å². The molecule has 0 bridgehead atoms. The third-order valence-electron chi connectivity index (χ3n) is 6.84. The van der Waals surface area contributed by atoms with Crippen molar-refractivity contribution < 1.29 is 22.7 Å². The number of nitrogens with zero attached hydrogens (tertiary/aromatic N) is 1. The minimum Gasteiger partial charge on any atom is -0.493 e. The first-order chi connectivity index (χ1) is 15.9. The Morgan fingerprint density at radius 1 is 1.09 bits per heavy atom. The first kappa shape index (κ1) is 22.0. The summed E-state index contributed by atoms with van der Waals surface area (Å²) in [5.41, 5.74) is 2.99. The van der Waals surface area contributed by atoms with Gasteiger partial charge in [-0.1, -0.05) is 18.2 Å². The van der Waals surface area contributed by atoms with Gasteiger partial charge >= 0.3 is 5.97 Å². The first-order valence-corrected chi connectivity index (χ1v) is 12.8. The minimum absolute atomic E-state index is 0.0128. The molecule has 5 rings (SSSR count). The van der Waals surface area contributed by atoms with Crippen LogP contribution in [-0.2, 0) is 14.8 Å². The van der Waals surface area contributed by atoms with Crippen LogP contribution >= 0.6 is 0 Å². The van der Waals surface area contributed by atoms with Crippen LogP contribution in [0.1, 0.15) is 49.3 Å². The highest BCUT2D eigenvalue weighted by molar-refractivity contribution is 7.89. The van der Waals surface area contributed by atoms with Crippen LogP contribution < -0.4 is 14.8 Å². The Balaban J connectivity index is 1.49. The molecule has 33 heavy (non-hydrogen) atoms. The van der Waals surface area contributed by atoms with Gasteiger partial charge in [0.15, 0.2) is 11.5 Å². The molecule has 0 saturated carbocycles. The summed E-state index contributed by atoms with van der Waals surface area (Å²) in [4.78, 5) is 11.8. The van der Waals surface area contributed by atoms with Gasteiger partial charge in [-0.15, -0.1) is 0 Å². The van der Waals surface area contributed by atoms with Gasteiger partial charge in [0, 0.05) is 31.6 Å². The number of esters is 1. The van der Waals surface area contributed by atoms with E-state index in [2.05, 4.69) is 17.5 Å². The van der Waals surface area contributed by atoms with Gasteiger partial charge in [-0.05, 0) is 66.6 Å². The van der Waals surface area contributed by atoms with Crippen LogP contribution in [0.15, 0.2) is 53.4 Å². The molecule has 1 aliphatic carbocycles. The molecule has 0 radical (unpaired) electrons. The number of anilines is 1. The van der Waals surface area contributed by atoms with Crippen LogP contribution in [0.25, 0.3) is 0 Å². The molecular formula is C25H28N2O5S. The highest BCUT2D eigenvalue weighted by Gasteiger charge is 2.39. The molecule has 2 heterocycles. The number of rotatable bonds is 5. The predicted octanol–water partition coefficient (Wildman–Crippen LogP) is 4.23. The Kier molecular flexibility index (Phi) is 5.66. The molecule has 0 aromatic heterocycles. The normalized spacial score (nSPS) is 24.1. The number of methoxy groups -OCH3 is 1. The average Bonchev–Trinajstić information content (AvgIpc) is 3.51. The smallest absolute Gasteiger partial charge is 0.308 e. The van der Waals surface area contributed by atoms with Gasteiger partial charge in [-0.3, -0.25) is 4.79 Å².